The van der Waals surface area contributed by atoms with E-state index in [0.29, 0.717) is 29.0 Å². The third-order valence-electron chi connectivity index (χ3n) is 6.14. The summed E-state index contributed by atoms with van der Waals surface area (Å²) in [5, 5.41) is 6.27. The van der Waals surface area contributed by atoms with E-state index in [0.717, 1.165) is 5.56 Å². The molecule has 11 heteroatoms. The Labute approximate surface area is 235 Å². The number of benzene rings is 3. The number of rotatable bonds is 11. The number of halogens is 1. The Balaban J connectivity index is 1.57. The van der Waals surface area contributed by atoms with Gasteiger partial charge in [0.1, 0.15) is 12.2 Å². The van der Waals surface area contributed by atoms with Gasteiger partial charge >= 0.3 is 0 Å². The van der Waals surface area contributed by atoms with Crippen molar-refractivity contribution in [2.45, 2.75) is 6.04 Å². The summed E-state index contributed by atoms with van der Waals surface area (Å²) in [6, 6.07) is 18.1. The standard InChI is InChI=1S/C29H29ClN4O6/c1-38-10-11-40-26-14-19-12-20(28(36)32-22(19)15-25(26)39-2)29(37)33-23-13-18(8-9-21(23)30)27(35)34-24(16-31)17-6-4-3-5-7-17/h3-9,12-15,24H,10-11,16,31H2,1-2H3,(H,32,36)(H,33,37)(H,34,35). The summed E-state index contributed by atoms with van der Waals surface area (Å²) in [4.78, 5) is 41.6. The number of amides is 2. The fourth-order valence-electron chi connectivity index (χ4n) is 4.05. The molecule has 0 bridgehead atoms. The Morgan fingerprint density at radius 1 is 0.975 bits per heavy atom. The molecule has 0 fully saturated rings. The second-order valence-corrected chi connectivity index (χ2v) is 9.17. The predicted molar refractivity (Wildman–Crippen MR) is 154 cm³/mol. The number of nitrogens with one attached hydrogen (secondary N) is 3. The summed E-state index contributed by atoms with van der Waals surface area (Å²) in [6.45, 7) is 0.856. The second kappa shape index (κ2) is 13.1. The van der Waals surface area contributed by atoms with Gasteiger partial charge in [-0.25, -0.2) is 0 Å². The lowest BCUT2D eigenvalue weighted by atomic mass is 10.1. The average molecular weight is 565 g/mol. The molecule has 1 unspecified atom stereocenters. The summed E-state index contributed by atoms with van der Waals surface area (Å²) in [5.41, 5.74) is 6.86. The number of aromatic nitrogens is 1. The first-order valence-corrected chi connectivity index (χ1v) is 12.8. The van der Waals surface area contributed by atoms with Gasteiger partial charge < -0.3 is 35.6 Å². The number of carbonyl (C=O) groups excluding carboxylic acids is 2. The van der Waals surface area contributed by atoms with E-state index < -0.39 is 23.4 Å². The molecule has 0 radical (unpaired) electrons. The molecule has 5 N–H and O–H groups in total. The van der Waals surface area contributed by atoms with E-state index in [4.69, 9.17) is 31.5 Å². The Morgan fingerprint density at radius 3 is 2.45 bits per heavy atom. The highest BCUT2D eigenvalue weighted by Crippen LogP contribution is 2.32. The van der Waals surface area contributed by atoms with Gasteiger partial charge in [-0.15, -0.1) is 0 Å². The Hall–Kier alpha value is -4.38. The molecule has 0 spiro atoms. The first kappa shape index (κ1) is 28.6. The second-order valence-electron chi connectivity index (χ2n) is 8.76. The minimum Gasteiger partial charge on any atom is -0.493 e. The Bertz CT molecular complexity index is 1570. The van der Waals surface area contributed by atoms with Crippen LogP contribution < -0.4 is 31.4 Å². The van der Waals surface area contributed by atoms with Crippen LogP contribution in [0.2, 0.25) is 5.02 Å². The summed E-state index contributed by atoms with van der Waals surface area (Å²) >= 11 is 6.32. The molecule has 0 saturated heterocycles. The minimum absolute atomic E-state index is 0.154. The van der Waals surface area contributed by atoms with Crippen molar-refractivity contribution in [3.63, 3.8) is 0 Å². The topological polar surface area (TPSA) is 145 Å². The number of nitrogens with two attached hydrogens (primary N) is 1. The molecular formula is C29H29ClN4O6. The van der Waals surface area contributed by atoms with Gasteiger partial charge in [-0.1, -0.05) is 41.9 Å². The Kier molecular flexibility index (Phi) is 9.39. The van der Waals surface area contributed by atoms with Crippen LogP contribution in [0.25, 0.3) is 10.9 Å². The molecule has 2 amide bonds. The SMILES string of the molecule is COCCOc1cc2cc(C(=O)Nc3cc(C(=O)NC(CN)c4ccccc4)ccc3Cl)c(=O)[nH]c2cc1OC. The first-order chi connectivity index (χ1) is 19.3. The highest BCUT2D eigenvalue weighted by molar-refractivity contribution is 6.34. The van der Waals surface area contributed by atoms with E-state index in [1.807, 2.05) is 30.3 Å². The maximum Gasteiger partial charge on any atom is 0.261 e. The third kappa shape index (κ3) is 6.60. The van der Waals surface area contributed by atoms with Gasteiger partial charge in [0.25, 0.3) is 17.4 Å². The zero-order valence-corrected chi connectivity index (χ0v) is 22.7. The van der Waals surface area contributed by atoms with Crippen molar-refractivity contribution in [3.8, 4) is 11.5 Å². The van der Waals surface area contributed by atoms with Crippen molar-refractivity contribution >= 4 is 40.0 Å². The number of H-pyrrole nitrogens is 1. The number of hydrogen-bond donors (Lipinski definition) is 4. The van der Waals surface area contributed by atoms with Crippen molar-refractivity contribution in [1.82, 2.24) is 10.3 Å². The fourth-order valence-corrected chi connectivity index (χ4v) is 4.21. The highest BCUT2D eigenvalue weighted by Gasteiger charge is 2.19. The monoisotopic (exact) mass is 564 g/mol. The molecule has 208 valence electrons. The number of carbonyl (C=O) groups is 2. The fraction of sp³-hybridized carbons (Fsp3) is 0.207. The van der Waals surface area contributed by atoms with E-state index in [9.17, 15) is 14.4 Å². The molecule has 0 aliphatic rings. The van der Waals surface area contributed by atoms with Crippen LogP contribution in [-0.2, 0) is 4.74 Å². The van der Waals surface area contributed by atoms with Gasteiger partial charge in [-0.3, -0.25) is 14.4 Å². The summed E-state index contributed by atoms with van der Waals surface area (Å²) < 4.78 is 16.1. The number of fused-ring (bicyclic) bond motifs is 1. The summed E-state index contributed by atoms with van der Waals surface area (Å²) in [6.07, 6.45) is 0. The van der Waals surface area contributed by atoms with Crippen LogP contribution in [0.4, 0.5) is 5.69 Å². The number of pyridine rings is 1. The lowest BCUT2D eigenvalue weighted by molar-refractivity contribution is 0.0936. The molecule has 0 aliphatic carbocycles. The molecule has 1 heterocycles. The van der Waals surface area contributed by atoms with Crippen molar-refractivity contribution in [2.75, 3.05) is 39.3 Å². The van der Waals surface area contributed by atoms with Crippen LogP contribution in [-0.4, -0.2) is 50.8 Å². The molecule has 0 saturated carbocycles. The maximum absolute atomic E-state index is 13.2. The maximum atomic E-state index is 13.2. The highest BCUT2D eigenvalue weighted by atomic mass is 35.5. The molecule has 0 aliphatic heterocycles. The van der Waals surface area contributed by atoms with Crippen molar-refractivity contribution < 1.29 is 23.8 Å². The number of aromatic amines is 1. The van der Waals surface area contributed by atoms with Gasteiger partial charge in [0.2, 0.25) is 0 Å². The number of methoxy groups -OCH3 is 2. The molecule has 4 aromatic rings. The van der Waals surface area contributed by atoms with E-state index in [1.54, 1.807) is 19.2 Å². The summed E-state index contributed by atoms with van der Waals surface area (Å²) in [5.74, 6) is -0.254. The summed E-state index contributed by atoms with van der Waals surface area (Å²) in [7, 11) is 3.05. The largest absolute Gasteiger partial charge is 0.493 e. The normalized spacial score (nSPS) is 11.6. The van der Waals surface area contributed by atoms with Crippen molar-refractivity contribution in [1.29, 1.82) is 0 Å². The van der Waals surface area contributed by atoms with Gasteiger partial charge in [0.15, 0.2) is 11.5 Å². The molecule has 1 atom stereocenters. The van der Waals surface area contributed by atoms with Crippen LogP contribution >= 0.6 is 11.6 Å². The average Bonchev–Trinajstić information content (AvgIpc) is 2.96. The van der Waals surface area contributed by atoms with Gasteiger partial charge in [0.05, 0.1) is 36.0 Å². The lowest BCUT2D eigenvalue weighted by Crippen LogP contribution is -2.33. The van der Waals surface area contributed by atoms with Gasteiger partial charge in [-0.2, -0.15) is 0 Å². The Morgan fingerprint density at radius 2 is 1.75 bits per heavy atom. The van der Waals surface area contributed by atoms with Crippen LogP contribution in [0, 0.1) is 0 Å². The van der Waals surface area contributed by atoms with Crippen LogP contribution in [0.1, 0.15) is 32.3 Å². The zero-order chi connectivity index (χ0) is 28.6. The molecule has 40 heavy (non-hydrogen) atoms. The first-order valence-electron chi connectivity index (χ1n) is 12.4. The number of ether oxygens (including phenoxy) is 3. The molecular weight excluding hydrogens is 536 g/mol. The lowest BCUT2D eigenvalue weighted by Gasteiger charge is -2.18. The van der Waals surface area contributed by atoms with Gasteiger partial charge in [0, 0.05) is 30.7 Å². The molecule has 1 aromatic heterocycles. The van der Waals surface area contributed by atoms with Crippen LogP contribution in [0.3, 0.4) is 0 Å². The van der Waals surface area contributed by atoms with E-state index in [1.165, 1.54) is 31.4 Å². The molecule has 10 nitrogen and oxygen atoms in total. The zero-order valence-electron chi connectivity index (χ0n) is 22.0. The van der Waals surface area contributed by atoms with Crippen LogP contribution in [0.15, 0.2) is 71.5 Å². The van der Waals surface area contributed by atoms with Crippen LogP contribution in [0.5, 0.6) is 11.5 Å². The molecule has 4 rings (SSSR count). The number of hydrogen-bond acceptors (Lipinski definition) is 7. The van der Waals surface area contributed by atoms with Crippen molar-refractivity contribution in [3.05, 3.63) is 98.8 Å². The number of anilines is 1. The quantitative estimate of drug-likeness (QED) is 0.202. The predicted octanol–water partition coefficient (Wildman–Crippen LogP) is 3.90. The van der Waals surface area contributed by atoms with E-state index in [2.05, 4.69) is 15.6 Å². The smallest absolute Gasteiger partial charge is 0.261 e. The van der Waals surface area contributed by atoms with Gasteiger partial charge in [-0.05, 0) is 35.9 Å². The van der Waals surface area contributed by atoms with Crippen molar-refractivity contribution in [2.24, 2.45) is 5.73 Å². The third-order valence-corrected chi connectivity index (χ3v) is 6.47. The molecule has 3 aromatic carbocycles. The van der Waals surface area contributed by atoms with E-state index in [-0.39, 0.29) is 35.0 Å². The van der Waals surface area contributed by atoms with E-state index >= 15 is 0 Å². The minimum atomic E-state index is -0.704.